The average Bonchev–Trinajstić information content (AvgIpc) is 2.27. The monoisotopic (exact) mass is 237 g/mol. The van der Waals surface area contributed by atoms with Crippen LogP contribution in [-0.4, -0.2) is 12.1 Å². The first-order valence-corrected chi connectivity index (χ1v) is 6.55. The van der Waals surface area contributed by atoms with Crippen molar-refractivity contribution in [1.82, 2.24) is 0 Å². The second kappa shape index (κ2) is 6.05. The van der Waals surface area contributed by atoms with E-state index < -0.39 is 5.92 Å². The molecule has 3 heteroatoms. The van der Waals surface area contributed by atoms with Gasteiger partial charge in [-0.3, -0.25) is 4.79 Å². The van der Waals surface area contributed by atoms with E-state index in [1.54, 1.807) is 6.92 Å². The Bertz CT molecular complexity index is 306. The van der Waals surface area contributed by atoms with E-state index in [0.717, 1.165) is 12.8 Å². The van der Waals surface area contributed by atoms with Gasteiger partial charge in [0.05, 0.1) is 6.07 Å². The standard InChI is InChI=1S/C14H23NO2/c1-9(2)12-6-5-10(3)7-13(12)17-14(16)11(4)8-15/h9-13H,5-7H2,1-4H3/t10-,11?,12+,13-/m1/s1. The number of carbonyl (C=O) groups excluding carboxylic acids is 1. The lowest BCUT2D eigenvalue weighted by Crippen LogP contribution is -2.36. The maximum Gasteiger partial charge on any atom is 0.323 e. The molecule has 0 bridgehead atoms. The molecular weight excluding hydrogens is 214 g/mol. The molecule has 0 saturated heterocycles. The predicted molar refractivity (Wildman–Crippen MR) is 66.0 cm³/mol. The van der Waals surface area contributed by atoms with Crippen LogP contribution in [0.1, 0.15) is 47.0 Å². The van der Waals surface area contributed by atoms with Crippen LogP contribution in [0.3, 0.4) is 0 Å². The summed E-state index contributed by atoms with van der Waals surface area (Å²) in [6, 6.07) is 1.94. The molecule has 1 fully saturated rings. The summed E-state index contributed by atoms with van der Waals surface area (Å²) in [7, 11) is 0. The van der Waals surface area contributed by atoms with Gasteiger partial charge >= 0.3 is 5.97 Å². The molecule has 1 rings (SSSR count). The molecule has 3 nitrogen and oxygen atoms in total. The number of nitrogens with zero attached hydrogens (tertiary/aromatic N) is 1. The van der Waals surface area contributed by atoms with Crippen LogP contribution in [0.5, 0.6) is 0 Å². The predicted octanol–water partition coefficient (Wildman–Crippen LogP) is 3.15. The second-order valence-corrected chi connectivity index (χ2v) is 5.65. The van der Waals surface area contributed by atoms with E-state index in [2.05, 4.69) is 20.8 Å². The van der Waals surface area contributed by atoms with Crippen LogP contribution in [0.15, 0.2) is 0 Å². The third-order valence-corrected chi connectivity index (χ3v) is 3.78. The molecule has 0 N–H and O–H groups in total. The summed E-state index contributed by atoms with van der Waals surface area (Å²) in [5, 5.41) is 8.71. The zero-order valence-electron chi connectivity index (χ0n) is 11.3. The molecule has 17 heavy (non-hydrogen) atoms. The van der Waals surface area contributed by atoms with Crippen molar-refractivity contribution in [2.45, 2.75) is 53.1 Å². The fraction of sp³-hybridized carbons (Fsp3) is 0.857. The topological polar surface area (TPSA) is 50.1 Å². The Morgan fingerprint density at radius 2 is 2.00 bits per heavy atom. The Morgan fingerprint density at radius 3 is 2.53 bits per heavy atom. The van der Waals surface area contributed by atoms with Crippen LogP contribution < -0.4 is 0 Å². The van der Waals surface area contributed by atoms with E-state index in [1.165, 1.54) is 6.42 Å². The van der Waals surface area contributed by atoms with Gasteiger partial charge in [-0.25, -0.2) is 0 Å². The van der Waals surface area contributed by atoms with Crippen LogP contribution in [0.2, 0.25) is 0 Å². The highest BCUT2D eigenvalue weighted by Crippen LogP contribution is 2.35. The van der Waals surface area contributed by atoms with Crippen LogP contribution in [0.25, 0.3) is 0 Å². The first-order valence-electron chi connectivity index (χ1n) is 6.55. The van der Waals surface area contributed by atoms with Gasteiger partial charge in [-0.1, -0.05) is 27.2 Å². The maximum absolute atomic E-state index is 11.7. The highest BCUT2D eigenvalue weighted by Gasteiger charge is 2.34. The number of esters is 1. The van der Waals surface area contributed by atoms with E-state index in [4.69, 9.17) is 10.00 Å². The fourth-order valence-electron chi connectivity index (χ4n) is 2.55. The molecule has 1 aliphatic rings. The lowest BCUT2D eigenvalue weighted by atomic mass is 9.75. The van der Waals surface area contributed by atoms with Gasteiger partial charge in [-0.05, 0) is 37.5 Å². The molecule has 1 unspecified atom stereocenters. The molecule has 96 valence electrons. The Balaban J connectivity index is 2.64. The van der Waals surface area contributed by atoms with Crippen molar-refractivity contribution in [3.05, 3.63) is 0 Å². The van der Waals surface area contributed by atoms with E-state index in [0.29, 0.717) is 17.8 Å². The maximum atomic E-state index is 11.7. The summed E-state index contributed by atoms with van der Waals surface area (Å²) in [6.07, 6.45) is 3.27. The Hall–Kier alpha value is -1.04. The minimum atomic E-state index is -0.653. The molecule has 0 aromatic carbocycles. The summed E-state index contributed by atoms with van der Waals surface area (Å²) in [5.41, 5.74) is 0. The van der Waals surface area contributed by atoms with Crippen molar-refractivity contribution in [2.75, 3.05) is 0 Å². The van der Waals surface area contributed by atoms with Gasteiger partial charge in [0.1, 0.15) is 12.0 Å². The first-order chi connectivity index (χ1) is 7.95. The average molecular weight is 237 g/mol. The Labute approximate surface area is 104 Å². The Morgan fingerprint density at radius 1 is 1.35 bits per heavy atom. The highest BCUT2D eigenvalue weighted by atomic mass is 16.5. The number of nitriles is 1. The molecule has 0 aromatic rings. The van der Waals surface area contributed by atoms with Gasteiger partial charge in [0.25, 0.3) is 0 Å². The Kier molecular flexibility index (Phi) is 4.99. The van der Waals surface area contributed by atoms with Crippen LogP contribution in [0.4, 0.5) is 0 Å². The molecule has 0 heterocycles. The summed E-state index contributed by atoms with van der Waals surface area (Å²) in [6.45, 7) is 8.15. The molecule has 4 atom stereocenters. The summed E-state index contributed by atoms with van der Waals surface area (Å²) in [5.74, 6) is 0.566. The van der Waals surface area contributed by atoms with Gasteiger partial charge in [0.2, 0.25) is 0 Å². The van der Waals surface area contributed by atoms with Gasteiger partial charge in [-0.15, -0.1) is 0 Å². The van der Waals surface area contributed by atoms with E-state index in [1.807, 2.05) is 6.07 Å². The molecule has 0 aromatic heterocycles. The number of ether oxygens (including phenoxy) is 1. The van der Waals surface area contributed by atoms with E-state index >= 15 is 0 Å². The summed E-state index contributed by atoms with van der Waals surface area (Å²) in [4.78, 5) is 11.7. The molecule has 0 amide bonds. The first kappa shape index (κ1) is 14.0. The highest BCUT2D eigenvalue weighted by molar-refractivity contribution is 5.74. The molecule has 1 aliphatic carbocycles. The van der Waals surface area contributed by atoms with Crippen molar-refractivity contribution in [3.8, 4) is 6.07 Å². The van der Waals surface area contributed by atoms with Crippen molar-refractivity contribution in [3.63, 3.8) is 0 Å². The fourth-order valence-corrected chi connectivity index (χ4v) is 2.55. The van der Waals surface area contributed by atoms with E-state index in [9.17, 15) is 4.79 Å². The lowest BCUT2D eigenvalue weighted by molar-refractivity contribution is -0.158. The molecule has 1 saturated carbocycles. The van der Waals surface area contributed by atoms with Crippen LogP contribution in [-0.2, 0) is 9.53 Å². The smallest absolute Gasteiger partial charge is 0.323 e. The van der Waals surface area contributed by atoms with Gasteiger partial charge in [-0.2, -0.15) is 5.26 Å². The van der Waals surface area contributed by atoms with Crippen molar-refractivity contribution in [2.24, 2.45) is 23.7 Å². The van der Waals surface area contributed by atoms with Crippen molar-refractivity contribution in [1.29, 1.82) is 5.26 Å². The number of carbonyl (C=O) groups is 1. The second-order valence-electron chi connectivity index (χ2n) is 5.65. The summed E-state index contributed by atoms with van der Waals surface area (Å²) < 4.78 is 5.53. The minimum Gasteiger partial charge on any atom is -0.461 e. The van der Waals surface area contributed by atoms with Crippen LogP contribution >= 0.6 is 0 Å². The molecular formula is C14H23NO2. The van der Waals surface area contributed by atoms with Gasteiger partial charge < -0.3 is 4.74 Å². The van der Waals surface area contributed by atoms with Crippen LogP contribution in [0, 0.1) is 35.0 Å². The third kappa shape index (κ3) is 3.73. The molecule has 0 radical (unpaired) electrons. The zero-order valence-corrected chi connectivity index (χ0v) is 11.3. The molecule has 0 aliphatic heterocycles. The molecule has 0 spiro atoms. The van der Waals surface area contributed by atoms with Crippen molar-refractivity contribution < 1.29 is 9.53 Å². The zero-order chi connectivity index (χ0) is 13.0. The van der Waals surface area contributed by atoms with Crippen molar-refractivity contribution >= 4 is 5.97 Å². The SMILES string of the molecule is CC(C#N)C(=O)O[C@@H]1C[C@H](C)CC[C@H]1C(C)C. The quantitative estimate of drug-likeness (QED) is 0.708. The van der Waals surface area contributed by atoms with Gasteiger partial charge in [0.15, 0.2) is 0 Å². The number of hydrogen-bond donors (Lipinski definition) is 0. The number of rotatable bonds is 3. The lowest BCUT2D eigenvalue weighted by Gasteiger charge is -2.36. The summed E-state index contributed by atoms with van der Waals surface area (Å²) >= 11 is 0. The van der Waals surface area contributed by atoms with E-state index in [-0.39, 0.29) is 12.1 Å². The largest absolute Gasteiger partial charge is 0.461 e. The minimum absolute atomic E-state index is 0.00190. The number of hydrogen-bond acceptors (Lipinski definition) is 3. The normalized spacial score (nSPS) is 30.7. The third-order valence-electron chi connectivity index (χ3n) is 3.78. The van der Waals surface area contributed by atoms with Gasteiger partial charge in [0, 0.05) is 0 Å².